The Kier molecular flexibility index (Phi) is 11.0. The third-order valence-electron chi connectivity index (χ3n) is 1.26. The Morgan fingerprint density at radius 1 is 0.762 bits per heavy atom. The average molecular weight is 367 g/mol. The molecule has 0 saturated carbocycles. The minimum Gasteiger partial charge on any atom is -0.504 e. The van der Waals surface area contributed by atoms with E-state index in [1.807, 2.05) is 0 Å². The molecule has 0 aromatic rings. The third kappa shape index (κ3) is 14.7. The first kappa shape index (κ1) is 24.5. The summed E-state index contributed by atoms with van der Waals surface area (Å²) >= 11 is 0. The van der Waals surface area contributed by atoms with Crippen molar-refractivity contribution in [2.75, 3.05) is 0 Å². The van der Waals surface area contributed by atoms with Crippen molar-refractivity contribution in [3.8, 4) is 0 Å². The van der Waals surface area contributed by atoms with E-state index in [1.165, 1.54) is 0 Å². The Morgan fingerprint density at radius 3 is 1.00 bits per heavy atom. The van der Waals surface area contributed by atoms with Gasteiger partial charge in [0.2, 0.25) is 11.5 Å². The summed E-state index contributed by atoms with van der Waals surface area (Å²) in [6.07, 6.45) is -9.38. The van der Waals surface area contributed by atoms with Gasteiger partial charge in [-0.3, -0.25) is 9.59 Å². The van der Waals surface area contributed by atoms with E-state index in [9.17, 15) is 35.9 Å². The van der Waals surface area contributed by atoms with Crippen LogP contribution < -0.4 is 0 Å². The fourth-order valence-electron chi connectivity index (χ4n) is 0.549. The van der Waals surface area contributed by atoms with Gasteiger partial charge in [-0.1, -0.05) is 0 Å². The molecule has 21 heavy (non-hydrogen) atoms. The molecule has 0 atom stereocenters. The van der Waals surface area contributed by atoms with Crippen LogP contribution in [0, 0.1) is 0 Å². The zero-order valence-corrected chi connectivity index (χ0v) is 11.4. The molecule has 0 aliphatic heterocycles. The molecule has 0 fully saturated rings. The second-order valence-electron chi connectivity index (χ2n) is 3.28. The maximum absolute atomic E-state index is 11.3. The van der Waals surface area contributed by atoms with E-state index in [1.54, 1.807) is 0 Å². The minimum atomic E-state index is -4.81. The van der Waals surface area contributed by atoms with Gasteiger partial charge in [0.15, 0.2) is 11.6 Å². The normalized spacial score (nSPS) is 12.8. The molecular weight excluding hydrogens is 357 g/mol. The van der Waals surface area contributed by atoms with E-state index in [2.05, 4.69) is 0 Å². The SMILES string of the molecule is CC(=O)/C=C(/O)C(F)(F)F.CC(=O)/C=C(/O)C(F)(F)F.[Ni]. The smallest absolute Gasteiger partial charge is 0.448 e. The van der Waals surface area contributed by atoms with E-state index in [-0.39, 0.29) is 28.6 Å². The molecule has 0 bridgehead atoms. The molecule has 0 radical (unpaired) electrons. The maximum Gasteiger partial charge on any atom is 0.448 e. The van der Waals surface area contributed by atoms with Crippen molar-refractivity contribution in [1.82, 2.24) is 0 Å². The van der Waals surface area contributed by atoms with Crippen LogP contribution in [0.15, 0.2) is 23.7 Å². The van der Waals surface area contributed by atoms with Gasteiger partial charge in [0, 0.05) is 28.6 Å². The van der Waals surface area contributed by atoms with Crippen LogP contribution in [0.25, 0.3) is 0 Å². The molecule has 0 saturated heterocycles. The Hall–Kier alpha value is -1.51. The van der Waals surface area contributed by atoms with Crippen LogP contribution in [0.3, 0.4) is 0 Å². The van der Waals surface area contributed by atoms with Gasteiger partial charge < -0.3 is 10.2 Å². The summed E-state index contributed by atoms with van der Waals surface area (Å²) in [5.41, 5.74) is 0. The van der Waals surface area contributed by atoms with Crippen LogP contribution >= 0.6 is 0 Å². The molecule has 2 N–H and O–H groups in total. The molecule has 0 aliphatic carbocycles. The van der Waals surface area contributed by atoms with Gasteiger partial charge in [-0.2, -0.15) is 26.3 Å². The first-order valence-corrected chi connectivity index (χ1v) is 4.64. The first-order valence-electron chi connectivity index (χ1n) is 4.64. The van der Waals surface area contributed by atoms with E-state index in [0.717, 1.165) is 13.8 Å². The summed E-state index contributed by atoms with van der Waals surface area (Å²) in [5.74, 6) is -5.40. The predicted molar refractivity (Wildman–Crippen MR) is 54.9 cm³/mol. The Morgan fingerprint density at radius 2 is 0.952 bits per heavy atom. The molecule has 126 valence electrons. The topological polar surface area (TPSA) is 74.6 Å². The van der Waals surface area contributed by atoms with Crippen molar-refractivity contribution in [3.63, 3.8) is 0 Å². The van der Waals surface area contributed by atoms with Crippen LogP contribution in [0.1, 0.15) is 13.8 Å². The average Bonchev–Trinajstić information content (AvgIpc) is 2.13. The molecule has 0 rings (SSSR count). The molecule has 0 aliphatic rings. The molecule has 0 spiro atoms. The summed E-state index contributed by atoms with van der Waals surface area (Å²) in [4.78, 5) is 19.9. The molecule has 0 amide bonds. The predicted octanol–water partition coefficient (Wildman–Crippen LogP) is 3.16. The summed E-state index contributed by atoms with van der Waals surface area (Å²) in [7, 11) is 0. The number of hydrogen-bond acceptors (Lipinski definition) is 4. The minimum absolute atomic E-state index is 0. The molecular formula is C10H10F6NiO4. The van der Waals surface area contributed by atoms with E-state index in [4.69, 9.17) is 10.2 Å². The fraction of sp³-hybridized carbons (Fsp3) is 0.400. The van der Waals surface area contributed by atoms with Crippen LogP contribution in [0.4, 0.5) is 26.3 Å². The number of carbonyl (C=O) groups excluding carboxylic acids is 2. The summed E-state index contributed by atoms with van der Waals surface area (Å²) < 4.78 is 68.0. The van der Waals surface area contributed by atoms with Crippen LogP contribution in [-0.2, 0) is 26.1 Å². The van der Waals surface area contributed by atoms with Crippen molar-refractivity contribution in [3.05, 3.63) is 23.7 Å². The number of halogens is 6. The first-order chi connectivity index (χ1) is 8.67. The van der Waals surface area contributed by atoms with E-state index < -0.39 is 35.4 Å². The number of ketones is 2. The second kappa shape index (κ2) is 9.43. The monoisotopic (exact) mass is 366 g/mol. The number of hydrogen-bond donors (Lipinski definition) is 2. The Balaban J connectivity index is -0.000000295. The third-order valence-corrected chi connectivity index (χ3v) is 1.26. The number of rotatable bonds is 2. The summed E-state index contributed by atoms with van der Waals surface area (Å²) in [6.45, 7) is 1.84. The zero-order valence-electron chi connectivity index (χ0n) is 10.4. The summed E-state index contributed by atoms with van der Waals surface area (Å²) in [6, 6.07) is 0. The van der Waals surface area contributed by atoms with Gasteiger partial charge >= 0.3 is 12.4 Å². The molecule has 0 aromatic carbocycles. The number of alkyl halides is 6. The summed E-state index contributed by atoms with van der Waals surface area (Å²) in [5, 5.41) is 16.1. The fourth-order valence-corrected chi connectivity index (χ4v) is 0.549. The molecule has 0 heterocycles. The van der Waals surface area contributed by atoms with Gasteiger partial charge in [-0.15, -0.1) is 0 Å². The maximum atomic E-state index is 11.3. The largest absolute Gasteiger partial charge is 0.504 e. The van der Waals surface area contributed by atoms with Crippen molar-refractivity contribution >= 4 is 11.6 Å². The van der Waals surface area contributed by atoms with Crippen molar-refractivity contribution in [2.45, 2.75) is 26.2 Å². The van der Waals surface area contributed by atoms with E-state index >= 15 is 0 Å². The van der Waals surface area contributed by atoms with Crippen molar-refractivity contribution < 1.29 is 62.6 Å². The Bertz CT molecular complexity index is 382. The molecule has 0 aromatic heterocycles. The number of aliphatic hydroxyl groups excluding tert-OH is 2. The molecule has 4 nitrogen and oxygen atoms in total. The number of carbonyl (C=O) groups is 2. The van der Waals surface area contributed by atoms with E-state index in [0.29, 0.717) is 0 Å². The van der Waals surface area contributed by atoms with Gasteiger partial charge in [-0.25, -0.2) is 0 Å². The van der Waals surface area contributed by atoms with Crippen molar-refractivity contribution in [1.29, 1.82) is 0 Å². The van der Waals surface area contributed by atoms with Crippen LogP contribution in [0.5, 0.6) is 0 Å². The van der Waals surface area contributed by atoms with Crippen LogP contribution in [0.2, 0.25) is 0 Å². The van der Waals surface area contributed by atoms with Crippen LogP contribution in [-0.4, -0.2) is 34.1 Å². The Labute approximate surface area is 125 Å². The van der Waals surface area contributed by atoms with Gasteiger partial charge in [0.05, 0.1) is 0 Å². The second-order valence-corrected chi connectivity index (χ2v) is 3.28. The van der Waals surface area contributed by atoms with Gasteiger partial charge in [0.1, 0.15) is 0 Å². The molecule has 0 unspecified atom stereocenters. The van der Waals surface area contributed by atoms with Gasteiger partial charge in [-0.05, 0) is 13.8 Å². The van der Waals surface area contributed by atoms with Crippen molar-refractivity contribution in [2.24, 2.45) is 0 Å². The zero-order chi connectivity index (χ0) is 16.7. The van der Waals surface area contributed by atoms with Gasteiger partial charge in [0.25, 0.3) is 0 Å². The standard InChI is InChI=1S/2C5H5F3O2.Ni/c2*1-3(9)2-4(10)5(6,7)8;/h2*2,10H,1H3;/b2*4-2+;. The number of aliphatic hydroxyl groups is 2. The quantitative estimate of drug-likeness (QED) is 0.341. The molecule has 11 heteroatoms. The number of allylic oxidation sites excluding steroid dienone is 4.